The van der Waals surface area contributed by atoms with Crippen molar-refractivity contribution < 1.29 is 0 Å². The second kappa shape index (κ2) is 3.31. The maximum Gasteiger partial charge on any atom is -0.0143 e. The van der Waals surface area contributed by atoms with Gasteiger partial charge in [-0.2, -0.15) is 0 Å². The lowest BCUT2D eigenvalue weighted by molar-refractivity contribution is -0.121. The predicted octanol–water partition coefficient (Wildman–Crippen LogP) is 5.52. The minimum Gasteiger partial charge on any atom is -0.0651 e. The molecule has 5 unspecified atom stereocenters. The molecule has 2 fully saturated rings. The van der Waals surface area contributed by atoms with Gasteiger partial charge in [-0.3, -0.25) is 0 Å². The van der Waals surface area contributed by atoms with Crippen LogP contribution in [0.25, 0.3) is 0 Å². The van der Waals surface area contributed by atoms with Gasteiger partial charge in [0.1, 0.15) is 0 Å². The first-order valence-electron chi connectivity index (χ1n) is 7.76. The van der Waals surface area contributed by atoms with Gasteiger partial charge in [0.15, 0.2) is 0 Å². The highest BCUT2D eigenvalue weighted by Crippen LogP contribution is 2.99. The molecule has 0 N–H and O–H groups in total. The van der Waals surface area contributed by atoms with Crippen LogP contribution >= 0.6 is 0 Å². The molecule has 0 aromatic heterocycles. The molecule has 0 radical (unpaired) electrons. The minimum absolute atomic E-state index is 0.558. The summed E-state index contributed by atoms with van der Waals surface area (Å²) < 4.78 is 0. The second-order valence-electron chi connectivity index (χ2n) is 7.43. The van der Waals surface area contributed by atoms with Gasteiger partial charge >= 0.3 is 0 Å². The summed E-state index contributed by atoms with van der Waals surface area (Å²) >= 11 is 0. The molecule has 0 bridgehead atoms. The van der Waals surface area contributed by atoms with Crippen molar-refractivity contribution in [3.05, 3.63) is 0 Å². The number of rotatable bonds is 4. The Morgan fingerprint density at radius 1 is 1.00 bits per heavy atom. The van der Waals surface area contributed by atoms with E-state index >= 15 is 0 Å². The van der Waals surface area contributed by atoms with E-state index in [1.807, 2.05) is 0 Å². The fraction of sp³-hybridized carbons (Fsp3) is 1.00. The lowest BCUT2D eigenvalue weighted by atomic mass is 9.45. The molecule has 2 saturated carbocycles. The van der Waals surface area contributed by atoms with E-state index in [2.05, 4.69) is 55.4 Å². The van der Waals surface area contributed by atoms with E-state index < -0.39 is 0 Å². The van der Waals surface area contributed by atoms with E-state index in [1.165, 1.54) is 19.3 Å². The largest absolute Gasteiger partial charge is 0.0651 e. The van der Waals surface area contributed by atoms with Crippen molar-refractivity contribution in [2.75, 3.05) is 0 Å². The zero-order chi connectivity index (χ0) is 13.3. The summed E-state index contributed by atoms with van der Waals surface area (Å²) in [5.41, 5.74) is 2.38. The first-order chi connectivity index (χ1) is 7.76. The highest BCUT2D eigenvalue weighted by molar-refractivity contribution is 5.41. The van der Waals surface area contributed by atoms with Gasteiger partial charge in [-0.15, -0.1) is 0 Å². The van der Waals surface area contributed by atoms with Crippen LogP contribution in [0.4, 0.5) is 0 Å². The van der Waals surface area contributed by atoms with Crippen LogP contribution in [0.5, 0.6) is 0 Å². The lowest BCUT2D eigenvalue weighted by Crippen LogP contribution is -2.54. The van der Waals surface area contributed by atoms with Crippen LogP contribution in [0.3, 0.4) is 0 Å². The predicted molar refractivity (Wildman–Crippen MR) is 76.0 cm³/mol. The van der Waals surface area contributed by atoms with Gasteiger partial charge in [-0.1, -0.05) is 61.8 Å². The maximum atomic E-state index is 2.60. The fourth-order valence-electron chi connectivity index (χ4n) is 7.03. The quantitative estimate of drug-likeness (QED) is 0.603. The molecule has 0 aromatic carbocycles. The minimum atomic E-state index is 0.558. The average molecular weight is 236 g/mol. The molecule has 0 saturated heterocycles. The molecule has 100 valence electrons. The molecule has 17 heavy (non-hydrogen) atoms. The normalized spacial score (nSPS) is 52.6. The van der Waals surface area contributed by atoms with Gasteiger partial charge in [0.25, 0.3) is 0 Å². The summed E-state index contributed by atoms with van der Waals surface area (Å²) in [6.07, 6.45) is 4.07. The molecule has 0 spiro atoms. The average Bonchev–Trinajstić information content (AvgIpc) is 2.77. The third-order valence-corrected chi connectivity index (χ3v) is 8.61. The van der Waals surface area contributed by atoms with Crippen molar-refractivity contribution in [1.29, 1.82) is 0 Å². The van der Waals surface area contributed by atoms with Gasteiger partial charge in [-0.05, 0) is 46.3 Å². The third kappa shape index (κ3) is 0.871. The Morgan fingerprint density at radius 3 is 1.76 bits per heavy atom. The van der Waals surface area contributed by atoms with Gasteiger partial charge < -0.3 is 0 Å². The molecule has 0 amide bonds. The molecule has 2 aliphatic rings. The molecule has 0 aliphatic heterocycles. The van der Waals surface area contributed by atoms with E-state index in [0.717, 1.165) is 11.8 Å². The first-order valence-corrected chi connectivity index (χ1v) is 7.76. The second-order valence-corrected chi connectivity index (χ2v) is 7.43. The van der Waals surface area contributed by atoms with Crippen molar-refractivity contribution in [2.24, 2.45) is 33.5 Å². The van der Waals surface area contributed by atoms with E-state index in [-0.39, 0.29) is 0 Å². The molecule has 0 heterocycles. The smallest absolute Gasteiger partial charge is 0.0143 e. The number of hydrogen-bond acceptors (Lipinski definition) is 0. The van der Waals surface area contributed by atoms with Crippen LogP contribution in [-0.4, -0.2) is 0 Å². The summed E-state index contributed by atoms with van der Waals surface area (Å²) in [6.45, 7) is 20.0. The Morgan fingerprint density at radius 2 is 1.47 bits per heavy atom. The monoisotopic (exact) mass is 236 g/mol. The standard InChI is InChI=1S/C17H32/c1-9-12(4)14(6)13(5)15(7)16(14,8)17(15,10-2)11-3/h12-13H,9-11H2,1-8H3. The highest BCUT2D eigenvalue weighted by Gasteiger charge is 2.95. The number of fused-ring (bicyclic) bond motifs is 1. The summed E-state index contributed by atoms with van der Waals surface area (Å²) in [5.74, 6) is 1.74. The van der Waals surface area contributed by atoms with E-state index in [0.29, 0.717) is 21.7 Å². The molecule has 0 heteroatoms. The zero-order valence-electron chi connectivity index (χ0n) is 13.3. The van der Waals surface area contributed by atoms with Crippen LogP contribution < -0.4 is 0 Å². The molecule has 0 aromatic rings. The van der Waals surface area contributed by atoms with E-state index in [1.54, 1.807) is 0 Å². The molecular formula is C17H32. The highest BCUT2D eigenvalue weighted by atomic mass is 15.0. The molecule has 2 aliphatic carbocycles. The lowest BCUT2D eigenvalue weighted by Gasteiger charge is -2.59. The van der Waals surface area contributed by atoms with Crippen molar-refractivity contribution in [3.63, 3.8) is 0 Å². The van der Waals surface area contributed by atoms with Crippen LogP contribution in [-0.2, 0) is 0 Å². The Hall–Kier alpha value is 0. The van der Waals surface area contributed by atoms with Gasteiger partial charge in [-0.25, -0.2) is 0 Å². The molecule has 0 nitrogen and oxygen atoms in total. The van der Waals surface area contributed by atoms with E-state index in [9.17, 15) is 0 Å². The fourth-order valence-corrected chi connectivity index (χ4v) is 7.03. The molecular weight excluding hydrogens is 204 g/mol. The van der Waals surface area contributed by atoms with Crippen LogP contribution in [0.1, 0.15) is 74.7 Å². The van der Waals surface area contributed by atoms with Crippen molar-refractivity contribution in [2.45, 2.75) is 74.7 Å². The summed E-state index contributed by atoms with van der Waals surface area (Å²) in [5, 5.41) is 0. The third-order valence-electron chi connectivity index (χ3n) is 8.61. The summed E-state index contributed by atoms with van der Waals surface area (Å²) in [7, 11) is 0. The van der Waals surface area contributed by atoms with Gasteiger partial charge in [0, 0.05) is 0 Å². The SMILES string of the molecule is CCC(C)C1(C)C(C)C2(C)C(CC)(CC)C12C. The van der Waals surface area contributed by atoms with Gasteiger partial charge in [0.2, 0.25) is 0 Å². The van der Waals surface area contributed by atoms with Crippen molar-refractivity contribution in [1.82, 2.24) is 0 Å². The summed E-state index contributed by atoms with van der Waals surface area (Å²) in [4.78, 5) is 0. The topological polar surface area (TPSA) is 0 Å². The van der Waals surface area contributed by atoms with Crippen molar-refractivity contribution >= 4 is 0 Å². The maximum absolute atomic E-state index is 2.60. The van der Waals surface area contributed by atoms with E-state index in [4.69, 9.17) is 0 Å². The van der Waals surface area contributed by atoms with Crippen LogP contribution in [0, 0.1) is 33.5 Å². The summed E-state index contributed by atoms with van der Waals surface area (Å²) in [6, 6.07) is 0. The van der Waals surface area contributed by atoms with Crippen molar-refractivity contribution in [3.8, 4) is 0 Å². The van der Waals surface area contributed by atoms with Crippen LogP contribution in [0.15, 0.2) is 0 Å². The zero-order valence-corrected chi connectivity index (χ0v) is 13.3. The van der Waals surface area contributed by atoms with Gasteiger partial charge in [0.05, 0.1) is 0 Å². The molecule has 2 rings (SSSR count). The number of hydrogen-bond donors (Lipinski definition) is 0. The Kier molecular flexibility index (Phi) is 2.61. The first kappa shape index (κ1) is 13.4. The Balaban J connectivity index is 2.46. The molecule has 5 atom stereocenters. The Labute approximate surface area is 109 Å². The Bertz CT molecular complexity index is 327. The van der Waals surface area contributed by atoms with Crippen LogP contribution in [0.2, 0.25) is 0 Å².